The second-order valence-corrected chi connectivity index (χ2v) is 2.23. The molecule has 1 fully saturated rings. The van der Waals surface area contributed by atoms with Crippen LogP contribution in [0.15, 0.2) is 0 Å². The van der Waals surface area contributed by atoms with Crippen molar-refractivity contribution in [1.29, 1.82) is 0 Å². The fraction of sp³-hybridized carbons (Fsp3) is 0.800. The van der Waals surface area contributed by atoms with Gasteiger partial charge in [0.1, 0.15) is 6.10 Å². The number of amides is 1. The molecule has 0 spiro atoms. The summed E-state index contributed by atoms with van der Waals surface area (Å²) in [7, 11) is 0. The summed E-state index contributed by atoms with van der Waals surface area (Å²) < 4.78 is 0. The molecule has 1 heterocycles. The highest BCUT2D eigenvalue weighted by molar-refractivity contribution is 5.88. The lowest BCUT2D eigenvalue weighted by atomic mass is 9.97. The summed E-state index contributed by atoms with van der Waals surface area (Å²) >= 11 is 0. The molecule has 0 aliphatic carbocycles. The molecule has 1 aliphatic rings. The van der Waals surface area contributed by atoms with E-state index in [1.165, 1.54) is 0 Å². The van der Waals surface area contributed by atoms with E-state index >= 15 is 0 Å². The van der Waals surface area contributed by atoms with Gasteiger partial charge in [-0.25, -0.2) is 0 Å². The minimum absolute atomic E-state index is 0.456. The summed E-state index contributed by atoms with van der Waals surface area (Å²) in [5.41, 5.74) is 0. The van der Waals surface area contributed by atoms with Crippen LogP contribution in [0.5, 0.6) is 0 Å². The lowest BCUT2D eigenvalue weighted by molar-refractivity contribution is -0.148. The lowest BCUT2D eigenvalue weighted by Gasteiger charge is -2.35. The van der Waals surface area contributed by atoms with E-state index in [-0.39, 0.29) is 0 Å². The van der Waals surface area contributed by atoms with Crippen LogP contribution < -0.4 is 5.32 Å². The van der Waals surface area contributed by atoms with Gasteiger partial charge in [0.2, 0.25) is 0 Å². The molecular formula is C5H9NO4. The lowest BCUT2D eigenvalue weighted by Crippen LogP contribution is -2.67. The predicted octanol–water partition coefficient (Wildman–Crippen LogP) is -2.80. The number of carbonyl (C=O) groups excluding carboxylic acids is 1. The summed E-state index contributed by atoms with van der Waals surface area (Å²) in [5, 5.41) is 28.2. The quantitative estimate of drug-likeness (QED) is 0.317. The smallest absolute Gasteiger partial charge is 0.251 e. The number of hydrogen-bond donors (Lipinski definition) is 4. The molecule has 0 bridgehead atoms. The first-order valence-corrected chi connectivity index (χ1v) is 2.94. The highest BCUT2D eigenvalue weighted by atomic mass is 16.3. The van der Waals surface area contributed by atoms with E-state index < -0.39 is 30.8 Å². The van der Waals surface area contributed by atoms with Crippen molar-refractivity contribution >= 4 is 5.91 Å². The van der Waals surface area contributed by atoms with Crippen LogP contribution in [0, 0.1) is 0 Å². The van der Waals surface area contributed by atoms with Crippen LogP contribution >= 0.6 is 0 Å². The summed E-state index contributed by atoms with van der Waals surface area (Å²) in [6.07, 6.45) is -2.23. The second-order valence-electron chi connectivity index (χ2n) is 2.23. The molecule has 1 aliphatic heterocycles. The maximum atomic E-state index is 10.3. The molecule has 5 heteroatoms. The molecule has 3 unspecified atom stereocenters. The first-order valence-electron chi connectivity index (χ1n) is 2.94. The molecule has 0 aromatic rings. The zero-order valence-electron chi connectivity index (χ0n) is 5.19. The van der Waals surface area contributed by atoms with Crippen molar-refractivity contribution in [3.63, 3.8) is 0 Å². The summed E-state index contributed by atoms with van der Waals surface area (Å²) in [6.45, 7) is -0.456. The predicted molar refractivity (Wildman–Crippen MR) is 31.0 cm³/mol. The fourth-order valence-electron chi connectivity index (χ4n) is 0.816. The van der Waals surface area contributed by atoms with Gasteiger partial charge in [-0.05, 0) is 0 Å². The van der Waals surface area contributed by atoms with Crippen LogP contribution in [0.25, 0.3) is 0 Å². The van der Waals surface area contributed by atoms with Gasteiger partial charge in [-0.15, -0.1) is 0 Å². The van der Waals surface area contributed by atoms with E-state index in [2.05, 4.69) is 5.32 Å². The van der Waals surface area contributed by atoms with Crippen molar-refractivity contribution in [2.45, 2.75) is 18.2 Å². The average molecular weight is 147 g/mol. The molecule has 1 saturated heterocycles. The van der Waals surface area contributed by atoms with Gasteiger partial charge in [-0.1, -0.05) is 0 Å². The Labute approximate surface area is 57.3 Å². The molecule has 0 radical (unpaired) electrons. The van der Waals surface area contributed by atoms with E-state index in [4.69, 9.17) is 15.3 Å². The van der Waals surface area contributed by atoms with Crippen molar-refractivity contribution in [3.05, 3.63) is 0 Å². The zero-order valence-corrected chi connectivity index (χ0v) is 5.19. The van der Waals surface area contributed by atoms with Crippen molar-refractivity contribution in [1.82, 2.24) is 5.32 Å². The first kappa shape index (κ1) is 7.46. The number of carbonyl (C=O) groups is 1. The Bertz CT molecular complexity index is 149. The molecule has 5 nitrogen and oxygen atoms in total. The molecular weight excluding hydrogens is 138 g/mol. The van der Waals surface area contributed by atoms with E-state index in [0.717, 1.165) is 0 Å². The van der Waals surface area contributed by atoms with Crippen LogP contribution in [0.4, 0.5) is 0 Å². The van der Waals surface area contributed by atoms with Gasteiger partial charge >= 0.3 is 0 Å². The summed E-state index contributed by atoms with van der Waals surface area (Å²) in [5.74, 6) is -0.502. The second kappa shape index (κ2) is 2.53. The summed E-state index contributed by atoms with van der Waals surface area (Å²) in [6, 6.07) is -0.697. The van der Waals surface area contributed by atoms with Gasteiger partial charge < -0.3 is 20.6 Å². The van der Waals surface area contributed by atoms with Gasteiger partial charge in [-0.2, -0.15) is 0 Å². The van der Waals surface area contributed by atoms with Gasteiger partial charge in [-0.3, -0.25) is 4.79 Å². The number of β-lactam (4-membered cyclic amide) rings is 1. The average Bonchev–Trinajstić information content (AvgIpc) is 1.98. The Balaban J connectivity index is 2.39. The van der Waals surface area contributed by atoms with Crippen molar-refractivity contribution in [2.24, 2.45) is 0 Å². The van der Waals surface area contributed by atoms with Crippen LogP contribution in [-0.4, -0.2) is 46.1 Å². The molecule has 4 N–H and O–H groups in total. The fourth-order valence-corrected chi connectivity index (χ4v) is 0.816. The molecule has 10 heavy (non-hydrogen) atoms. The number of hydrogen-bond acceptors (Lipinski definition) is 4. The van der Waals surface area contributed by atoms with Crippen LogP contribution in [0.2, 0.25) is 0 Å². The van der Waals surface area contributed by atoms with Gasteiger partial charge in [0.15, 0.2) is 6.10 Å². The molecule has 0 aromatic carbocycles. The third-order valence-corrected chi connectivity index (χ3v) is 1.52. The standard InChI is InChI=1S/C5H9NO4/c7-1-2(8)3-4(9)5(10)6-3/h2-4,7-9H,1H2,(H,6,10). The Morgan fingerprint density at radius 3 is 2.60 bits per heavy atom. The first-order chi connectivity index (χ1) is 4.66. The molecule has 1 amide bonds. The normalized spacial score (nSPS) is 34.5. The summed E-state index contributed by atoms with van der Waals surface area (Å²) in [4.78, 5) is 10.3. The number of rotatable bonds is 2. The monoisotopic (exact) mass is 147 g/mol. The largest absolute Gasteiger partial charge is 0.394 e. The highest BCUT2D eigenvalue weighted by Crippen LogP contribution is 2.09. The Morgan fingerprint density at radius 2 is 2.30 bits per heavy atom. The minimum atomic E-state index is -1.16. The van der Waals surface area contributed by atoms with Crippen molar-refractivity contribution in [2.75, 3.05) is 6.61 Å². The SMILES string of the molecule is O=C1NC(C(O)CO)C1O. The van der Waals surface area contributed by atoms with E-state index in [0.29, 0.717) is 0 Å². The topological polar surface area (TPSA) is 89.8 Å². The molecule has 0 saturated carbocycles. The van der Waals surface area contributed by atoms with E-state index in [1.54, 1.807) is 0 Å². The number of nitrogens with one attached hydrogen (secondary N) is 1. The van der Waals surface area contributed by atoms with E-state index in [9.17, 15) is 4.79 Å². The Hall–Kier alpha value is -0.650. The van der Waals surface area contributed by atoms with Gasteiger partial charge in [0.05, 0.1) is 12.6 Å². The highest BCUT2D eigenvalue weighted by Gasteiger charge is 2.41. The number of aliphatic hydroxyl groups excluding tert-OH is 3. The molecule has 1 rings (SSSR count). The third kappa shape index (κ3) is 0.985. The van der Waals surface area contributed by atoms with Crippen molar-refractivity contribution in [3.8, 4) is 0 Å². The Morgan fingerprint density at radius 1 is 1.70 bits per heavy atom. The molecule has 3 atom stereocenters. The zero-order chi connectivity index (χ0) is 7.72. The van der Waals surface area contributed by atoms with Gasteiger partial charge in [0.25, 0.3) is 5.91 Å². The van der Waals surface area contributed by atoms with Crippen molar-refractivity contribution < 1.29 is 20.1 Å². The van der Waals surface area contributed by atoms with Gasteiger partial charge in [0, 0.05) is 0 Å². The Kier molecular flexibility index (Phi) is 1.89. The van der Waals surface area contributed by atoms with Crippen LogP contribution in [0.1, 0.15) is 0 Å². The minimum Gasteiger partial charge on any atom is -0.394 e. The molecule has 0 aromatic heterocycles. The van der Waals surface area contributed by atoms with Crippen LogP contribution in [0.3, 0.4) is 0 Å². The maximum absolute atomic E-state index is 10.3. The molecule has 58 valence electrons. The third-order valence-electron chi connectivity index (χ3n) is 1.52. The van der Waals surface area contributed by atoms with E-state index in [1.807, 2.05) is 0 Å². The van der Waals surface area contributed by atoms with Crippen LogP contribution in [-0.2, 0) is 4.79 Å². The number of aliphatic hydroxyl groups is 3. The maximum Gasteiger partial charge on any atom is 0.251 e.